The van der Waals surface area contributed by atoms with E-state index in [4.69, 9.17) is 14.2 Å². The van der Waals surface area contributed by atoms with E-state index in [1.165, 1.54) is 18.2 Å². The van der Waals surface area contributed by atoms with Gasteiger partial charge in [0.25, 0.3) is 0 Å². The molecular formula is C19H20O7. The molecule has 2 heterocycles. The van der Waals surface area contributed by atoms with Crippen LogP contribution in [0.15, 0.2) is 30.3 Å². The number of benzene rings is 2. The molecule has 2 aliphatic heterocycles. The van der Waals surface area contributed by atoms with Crippen LogP contribution in [0.2, 0.25) is 0 Å². The van der Waals surface area contributed by atoms with Gasteiger partial charge in [0.2, 0.25) is 6.79 Å². The summed E-state index contributed by atoms with van der Waals surface area (Å²) in [4.78, 5) is 0. The fourth-order valence-electron chi connectivity index (χ4n) is 3.67. The second kappa shape index (κ2) is 6.59. The van der Waals surface area contributed by atoms with E-state index in [0.29, 0.717) is 30.1 Å². The fraction of sp³-hybridized carbons (Fsp3) is 0.368. The van der Waals surface area contributed by atoms with Crippen LogP contribution in [0, 0.1) is 11.8 Å². The number of aromatic hydroxyl groups is 3. The Morgan fingerprint density at radius 3 is 2.42 bits per heavy atom. The van der Waals surface area contributed by atoms with E-state index >= 15 is 0 Å². The molecule has 1 saturated heterocycles. The van der Waals surface area contributed by atoms with E-state index in [-0.39, 0.29) is 42.5 Å². The monoisotopic (exact) mass is 360 g/mol. The van der Waals surface area contributed by atoms with Gasteiger partial charge in [0.05, 0.1) is 12.7 Å². The third kappa shape index (κ3) is 2.89. The minimum absolute atomic E-state index is 0.00114. The van der Waals surface area contributed by atoms with Crippen molar-refractivity contribution < 1.29 is 34.6 Å². The van der Waals surface area contributed by atoms with Gasteiger partial charge in [-0.2, -0.15) is 0 Å². The Labute approximate surface area is 150 Å². The SMILES string of the molecule is OC[C@H]1[C@H](Cc2ccc(O)c(O)c2)CO[C@@H]1c1cc2c(cc1O)OCO2. The molecule has 1 fully saturated rings. The van der Waals surface area contributed by atoms with Gasteiger partial charge < -0.3 is 34.6 Å². The maximum atomic E-state index is 10.3. The standard InChI is InChI=1S/C19H20O7/c20-7-13-11(3-10-1-2-14(21)16(23)4-10)8-24-19(13)12-5-17-18(6-15(12)22)26-9-25-17/h1-2,4-6,11,13,19-23H,3,7-9H2/t11-,13+,19-/m1/s1. The summed E-state index contributed by atoms with van der Waals surface area (Å²) in [6.07, 6.45) is 0.103. The molecule has 0 amide bonds. The topological polar surface area (TPSA) is 109 Å². The first-order chi connectivity index (χ1) is 12.6. The Morgan fingerprint density at radius 1 is 0.923 bits per heavy atom. The first kappa shape index (κ1) is 16.8. The predicted molar refractivity (Wildman–Crippen MR) is 90.5 cm³/mol. The molecule has 2 aliphatic rings. The molecule has 7 nitrogen and oxygen atoms in total. The average molecular weight is 360 g/mol. The van der Waals surface area contributed by atoms with E-state index in [1.54, 1.807) is 12.1 Å². The lowest BCUT2D eigenvalue weighted by Crippen LogP contribution is -2.21. The molecule has 3 atom stereocenters. The van der Waals surface area contributed by atoms with Crippen LogP contribution >= 0.6 is 0 Å². The minimum Gasteiger partial charge on any atom is -0.507 e. The van der Waals surface area contributed by atoms with Crippen molar-refractivity contribution in [2.75, 3.05) is 20.0 Å². The van der Waals surface area contributed by atoms with Crippen molar-refractivity contribution in [3.63, 3.8) is 0 Å². The van der Waals surface area contributed by atoms with Crippen LogP contribution in [-0.2, 0) is 11.2 Å². The third-order valence-corrected chi connectivity index (χ3v) is 5.06. The van der Waals surface area contributed by atoms with E-state index in [2.05, 4.69) is 0 Å². The highest BCUT2D eigenvalue weighted by Crippen LogP contribution is 2.47. The van der Waals surface area contributed by atoms with Crippen LogP contribution < -0.4 is 9.47 Å². The average Bonchev–Trinajstić information content (AvgIpc) is 3.23. The molecule has 4 rings (SSSR count). The summed E-state index contributed by atoms with van der Waals surface area (Å²) in [5, 5.41) is 39.4. The number of hydrogen-bond donors (Lipinski definition) is 4. The molecule has 0 saturated carbocycles. The third-order valence-electron chi connectivity index (χ3n) is 5.06. The van der Waals surface area contributed by atoms with E-state index in [1.807, 2.05) is 0 Å². The van der Waals surface area contributed by atoms with Gasteiger partial charge in [0, 0.05) is 24.2 Å². The van der Waals surface area contributed by atoms with Crippen molar-refractivity contribution >= 4 is 0 Å². The minimum atomic E-state index is -0.467. The first-order valence-electron chi connectivity index (χ1n) is 8.42. The van der Waals surface area contributed by atoms with Crippen molar-refractivity contribution in [2.24, 2.45) is 11.8 Å². The number of hydrogen-bond acceptors (Lipinski definition) is 7. The normalized spacial score (nSPS) is 24.1. The zero-order valence-electron chi connectivity index (χ0n) is 14.0. The Kier molecular flexibility index (Phi) is 4.26. The Balaban J connectivity index is 1.57. The molecule has 2 aromatic carbocycles. The molecule has 0 bridgehead atoms. The van der Waals surface area contributed by atoms with Crippen molar-refractivity contribution in [2.45, 2.75) is 12.5 Å². The number of fused-ring (bicyclic) bond motifs is 1. The van der Waals surface area contributed by atoms with Gasteiger partial charge in [-0.25, -0.2) is 0 Å². The molecule has 2 aromatic rings. The summed E-state index contributed by atoms with van der Waals surface area (Å²) in [6.45, 7) is 0.416. The lowest BCUT2D eigenvalue weighted by Gasteiger charge is -2.22. The summed E-state index contributed by atoms with van der Waals surface area (Å²) in [5.41, 5.74) is 1.40. The molecule has 0 unspecified atom stereocenters. The van der Waals surface area contributed by atoms with Gasteiger partial charge in [0.15, 0.2) is 23.0 Å². The fourth-order valence-corrected chi connectivity index (χ4v) is 3.67. The Morgan fingerprint density at radius 2 is 1.69 bits per heavy atom. The molecule has 26 heavy (non-hydrogen) atoms. The van der Waals surface area contributed by atoms with Crippen molar-refractivity contribution in [1.82, 2.24) is 0 Å². The van der Waals surface area contributed by atoms with Crippen molar-refractivity contribution in [3.05, 3.63) is 41.5 Å². The highest BCUT2D eigenvalue weighted by Gasteiger charge is 2.39. The van der Waals surface area contributed by atoms with Crippen LogP contribution in [0.5, 0.6) is 28.7 Å². The largest absolute Gasteiger partial charge is 0.507 e. The molecular weight excluding hydrogens is 340 g/mol. The van der Waals surface area contributed by atoms with Crippen LogP contribution in [0.1, 0.15) is 17.2 Å². The van der Waals surface area contributed by atoms with E-state index in [0.717, 1.165) is 5.56 Å². The Bertz CT molecular complexity index is 820. The zero-order valence-corrected chi connectivity index (χ0v) is 14.0. The molecule has 0 aliphatic carbocycles. The molecule has 138 valence electrons. The van der Waals surface area contributed by atoms with Gasteiger partial charge in [-0.3, -0.25) is 0 Å². The highest BCUT2D eigenvalue weighted by molar-refractivity contribution is 5.52. The number of rotatable bonds is 4. The van der Waals surface area contributed by atoms with Gasteiger partial charge in [0.1, 0.15) is 5.75 Å². The predicted octanol–water partition coefficient (Wildman–Crippen LogP) is 2.07. The number of ether oxygens (including phenoxy) is 3. The summed E-state index contributed by atoms with van der Waals surface area (Å²) in [5.74, 6) is 0.507. The van der Waals surface area contributed by atoms with Crippen molar-refractivity contribution in [3.8, 4) is 28.7 Å². The van der Waals surface area contributed by atoms with Crippen LogP contribution in [-0.4, -0.2) is 40.4 Å². The number of aliphatic hydroxyl groups excluding tert-OH is 1. The summed E-state index contributed by atoms with van der Waals surface area (Å²) in [6, 6.07) is 7.88. The number of phenols is 3. The Hall–Kier alpha value is -2.64. The van der Waals surface area contributed by atoms with Gasteiger partial charge in [-0.05, 0) is 36.1 Å². The van der Waals surface area contributed by atoms with Crippen LogP contribution in [0.3, 0.4) is 0 Å². The molecule has 4 N–H and O–H groups in total. The van der Waals surface area contributed by atoms with Gasteiger partial charge in [-0.15, -0.1) is 0 Å². The lowest BCUT2D eigenvalue weighted by molar-refractivity contribution is 0.0699. The van der Waals surface area contributed by atoms with Gasteiger partial charge in [-0.1, -0.05) is 6.07 Å². The summed E-state index contributed by atoms with van der Waals surface area (Å²) < 4.78 is 16.5. The lowest BCUT2D eigenvalue weighted by atomic mass is 9.84. The number of aliphatic hydroxyl groups is 1. The van der Waals surface area contributed by atoms with Crippen LogP contribution in [0.4, 0.5) is 0 Å². The maximum Gasteiger partial charge on any atom is 0.231 e. The number of phenolic OH excluding ortho intramolecular Hbond substituents is 3. The van der Waals surface area contributed by atoms with E-state index in [9.17, 15) is 20.4 Å². The van der Waals surface area contributed by atoms with Crippen LogP contribution in [0.25, 0.3) is 0 Å². The van der Waals surface area contributed by atoms with Crippen molar-refractivity contribution in [1.29, 1.82) is 0 Å². The zero-order chi connectivity index (χ0) is 18.3. The summed E-state index contributed by atoms with van der Waals surface area (Å²) >= 11 is 0. The van der Waals surface area contributed by atoms with Gasteiger partial charge >= 0.3 is 0 Å². The molecule has 0 radical (unpaired) electrons. The highest BCUT2D eigenvalue weighted by atomic mass is 16.7. The second-order valence-corrected chi connectivity index (χ2v) is 6.65. The molecule has 7 heteroatoms. The summed E-state index contributed by atoms with van der Waals surface area (Å²) in [7, 11) is 0. The first-order valence-corrected chi connectivity index (χ1v) is 8.42. The molecule has 0 spiro atoms. The second-order valence-electron chi connectivity index (χ2n) is 6.65. The maximum absolute atomic E-state index is 10.3. The smallest absolute Gasteiger partial charge is 0.231 e. The van der Waals surface area contributed by atoms with E-state index < -0.39 is 6.10 Å². The quantitative estimate of drug-likeness (QED) is 0.618. The molecule has 0 aromatic heterocycles.